The number of thiophene rings is 1. The monoisotopic (exact) mass is 423 g/mol. The van der Waals surface area contributed by atoms with Gasteiger partial charge in [-0.05, 0) is 23.6 Å². The van der Waals surface area contributed by atoms with Crippen molar-refractivity contribution in [3.63, 3.8) is 0 Å². The number of carbonyl (C=O) groups is 1. The standard InChI is InChI=1S/C21H18FN5O2S/c1-26-17-8-9-27(18(28)11-13-5-4-10-30-13)12-15(17)19(25-26)21-24-23-20(29-21)14-6-2-3-7-16(14)22/h2-7,10H,8-9,11-12H2,1H3. The van der Waals surface area contributed by atoms with Gasteiger partial charge in [0.05, 0.1) is 12.0 Å². The molecular formula is C21H18FN5O2S. The first-order valence-corrected chi connectivity index (χ1v) is 10.4. The lowest BCUT2D eigenvalue weighted by atomic mass is 10.0. The average Bonchev–Trinajstić information content (AvgIpc) is 3.49. The van der Waals surface area contributed by atoms with Crippen LogP contribution in [0.1, 0.15) is 16.1 Å². The first kappa shape index (κ1) is 18.7. The Morgan fingerprint density at radius 1 is 1.20 bits per heavy atom. The number of nitrogens with zero attached hydrogens (tertiary/aromatic N) is 5. The van der Waals surface area contributed by atoms with Crippen LogP contribution in [-0.2, 0) is 31.2 Å². The van der Waals surface area contributed by atoms with E-state index in [1.54, 1.807) is 34.2 Å². The van der Waals surface area contributed by atoms with Gasteiger partial charge in [0.25, 0.3) is 11.8 Å². The van der Waals surface area contributed by atoms with Crippen molar-refractivity contribution in [1.29, 1.82) is 0 Å². The van der Waals surface area contributed by atoms with Crippen molar-refractivity contribution in [2.75, 3.05) is 6.54 Å². The molecular weight excluding hydrogens is 405 g/mol. The summed E-state index contributed by atoms with van der Waals surface area (Å²) >= 11 is 1.58. The third-order valence-corrected chi connectivity index (χ3v) is 6.11. The Balaban J connectivity index is 1.44. The second kappa shape index (κ2) is 7.49. The third kappa shape index (κ3) is 3.30. The molecule has 9 heteroatoms. The number of hydrogen-bond acceptors (Lipinski definition) is 6. The zero-order chi connectivity index (χ0) is 20.7. The minimum atomic E-state index is -0.430. The maximum atomic E-state index is 14.1. The SMILES string of the molecule is Cn1nc(-c2nnc(-c3ccccc3F)o2)c2c1CCN(C(=O)Cc1cccs1)C2. The van der Waals surface area contributed by atoms with Gasteiger partial charge in [-0.2, -0.15) is 5.10 Å². The van der Waals surface area contributed by atoms with Gasteiger partial charge in [-0.25, -0.2) is 4.39 Å². The van der Waals surface area contributed by atoms with E-state index < -0.39 is 5.82 Å². The predicted octanol–water partition coefficient (Wildman–Crippen LogP) is 3.47. The van der Waals surface area contributed by atoms with Crippen LogP contribution in [-0.4, -0.2) is 37.3 Å². The van der Waals surface area contributed by atoms with E-state index in [2.05, 4.69) is 15.3 Å². The summed E-state index contributed by atoms with van der Waals surface area (Å²) in [7, 11) is 1.86. The molecule has 7 nitrogen and oxygen atoms in total. The average molecular weight is 423 g/mol. The fraction of sp³-hybridized carbons (Fsp3) is 0.238. The normalized spacial score (nSPS) is 13.5. The Labute approximate surface area is 175 Å². The van der Waals surface area contributed by atoms with Crippen molar-refractivity contribution in [2.45, 2.75) is 19.4 Å². The van der Waals surface area contributed by atoms with E-state index in [1.807, 2.05) is 29.5 Å². The smallest absolute Gasteiger partial charge is 0.268 e. The fourth-order valence-corrected chi connectivity index (χ4v) is 4.41. The number of fused-ring (bicyclic) bond motifs is 1. The van der Waals surface area contributed by atoms with Gasteiger partial charge in [0.2, 0.25) is 5.91 Å². The molecule has 0 atom stereocenters. The highest BCUT2D eigenvalue weighted by molar-refractivity contribution is 7.10. The molecule has 4 aromatic rings. The van der Waals surface area contributed by atoms with E-state index in [-0.39, 0.29) is 23.3 Å². The molecule has 1 aliphatic rings. The minimum absolute atomic E-state index is 0.0791. The van der Waals surface area contributed by atoms with Crippen molar-refractivity contribution in [3.8, 4) is 23.0 Å². The lowest BCUT2D eigenvalue weighted by molar-refractivity contribution is -0.131. The Morgan fingerprint density at radius 2 is 2.03 bits per heavy atom. The summed E-state index contributed by atoms with van der Waals surface area (Å²) in [6.07, 6.45) is 1.09. The number of rotatable bonds is 4. The van der Waals surface area contributed by atoms with Gasteiger partial charge in [-0.15, -0.1) is 21.5 Å². The molecule has 0 saturated heterocycles. The molecule has 1 aromatic carbocycles. The van der Waals surface area contributed by atoms with Gasteiger partial charge in [0.1, 0.15) is 5.82 Å². The first-order valence-electron chi connectivity index (χ1n) is 9.54. The van der Waals surface area contributed by atoms with Crippen molar-refractivity contribution in [3.05, 3.63) is 63.7 Å². The lowest BCUT2D eigenvalue weighted by Crippen LogP contribution is -2.37. The number of hydrogen-bond donors (Lipinski definition) is 0. The minimum Gasteiger partial charge on any atom is -0.414 e. The van der Waals surface area contributed by atoms with Gasteiger partial charge >= 0.3 is 0 Å². The van der Waals surface area contributed by atoms with Gasteiger partial charge in [0.15, 0.2) is 5.69 Å². The van der Waals surface area contributed by atoms with Crippen LogP contribution in [0.15, 0.2) is 46.2 Å². The molecule has 5 rings (SSSR count). The second-order valence-corrected chi connectivity index (χ2v) is 8.14. The number of halogens is 1. The zero-order valence-electron chi connectivity index (χ0n) is 16.2. The van der Waals surface area contributed by atoms with Crippen LogP contribution in [0.25, 0.3) is 23.0 Å². The van der Waals surface area contributed by atoms with Crippen molar-refractivity contribution in [1.82, 2.24) is 24.9 Å². The van der Waals surface area contributed by atoms with Crippen molar-refractivity contribution < 1.29 is 13.6 Å². The van der Waals surface area contributed by atoms with E-state index in [0.29, 0.717) is 31.6 Å². The topological polar surface area (TPSA) is 77.1 Å². The van der Waals surface area contributed by atoms with Crippen LogP contribution < -0.4 is 0 Å². The molecule has 152 valence electrons. The van der Waals surface area contributed by atoms with E-state index in [4.69, 9.17) is 4.42 Å². The Morgan fingerprint density at radius 3 is 2.83 bits per heavy atom. The summed E-state index contributed by atoms with van der Waals surface area (Å²) in [6, 6.07) is 10.2. The predicted molar refractivity (Wildman–Crippen MR) is 109 cm³/mol. The molecule has 0 unspecified atom stereocenters. The van der Waals surface area contributed by atoms with E-state index in [1.165, 1.54) is 6.07 Å². The first-order chi connectivity index (χ1) is 14.6. The molecule has 30 heavy (non-hydrogen) atoms. The van der Waals surface area contributed by atoms with Crippen LogP contribution in [0, 0.1) is 5.82 Å². The molecule has 0 N–H and O–H groups in total. The maximum absolute atomic E-state index is 14.1. The van der Waals surface area contributed by atoms with Gasteiger partial charge < -0.3 is 9.32 Å². The highest BCUT2D eigenvalue weighted by atomic mass is 32.1. The molecule has 1 aliphatic heterocycles. The largest absolute Gasteiger partial charge is 0.414 e. The zero-order valence-corrected chi connectivity index (χ0v) is 17.0. The molecule has 0 spiro atoms. The summed E-state index contributed by atoms with van der Waals surface area (Å²) < 4.78 is 21.6. The Hall–Kier alpha value is -3.33. The fourth-order valence-electron chi connectivity index (χ4n) is 3.71. The Kier molecular flexibility index (Phi) is 4.66. The lowest BCUT2D eigenvalue weighted by Gasteiger charge is -2.27. The molecule has 0 aliphatic carbocycles. The van der Waals surface area contributed by atoms with Crippen LogP contribution in [0.5, 0.6) is 0 Å². The van der Waals surface area contributed by atoms with Gasteiger partial charge in [0, 0.05) is 42.7 Å². The number of benzene rings is 1. The summed E-state index contributed by atoms with van der Waals surface area (Å²) in [4.78, 5) is 15.6. The molecule has 0 radical (unpaired) electrons. The molecule has 3 aromatic heterocycles. The summed E-state index contributed by atoms with van der Waals surface area (Å²) in [5, 5.41) is 14.6. The Bertz CT molecular complexity index is 1210. The van der Waals surface area contributed by atoms with Crippen LogP contribution in [0.4, 0.5) is 4.39 Å². The second-order valence-electron chi connectivity index (χ2n) is 7.11. The molecule has 0 saturated carbocycles. The molecule has 4 heterocycles. The van der Waals surface area contributed by atoms with E-state index in [0.717, 1.165) is 16.1 Å². The van der Waals surface area contributed by atoms with Crippen LogP contribution in [0.3, 0.4) is 0 Å². The quantitative estimate of drug-likeness (QED) is 0.502. The number of aromatic nitrogens is 4. The van der Waals surface area contributed by atoms with Crippen molar-refractivity contribution >= 4 is 17.2 Å². The van der Waals surface area contributed by atoms with E-state index >= 15 is 0 Å². The summed E-state index contributed by atoms with van der Waals surface area (Å²) in [5.74, 6) is -0.0295. The number of aryl methyl sites for hydroxylation is 1. The number of carbonyl (C=O) groups excluding carboxylic acids is 1. The van der Waals surface area contributed by atoms with Crippen molar-refractivity contribution in [2.24, 2.45) is 7.05 Å². The summed E-state index contributed by atoms with van der Waals surface area (Å²) in [5.41, 5.74) is 2.72. The van der Waals surface area contributed by atoms with Crippen LogP contribution >= 0.6 is 11.3 Å². The molecule has 0 fully saturated rings. The van der Waals surface area contributed by atoms with E-state index in [9.17, 15) is 9.18 Å². The highest BCUT2D eigenvalue weighted by Crippen LogP contribution is 2.31. The van der Waals surface area contributed by atoms with Crippen LogP contribution in [0.2, 0.25) is 0 Å². The molecule has 0 bridgehead atoms. The number of amides is 1. The third-order valence-electron chi connectivity index (χ3n) is 5.23. The maximum Gasteiger partial charge on any atom is 0.268 e. The highest BCUT2D eigenvalue weighted by Gasteiger charge is 2.29. The van der Waals surface area contributed by atoms with Gasteiger partial charge in [-0.3, -0.25) is 9.48 Å². The molecule has 1 amide bonds. The summed E-state index contributed by atoms with van der Waals surface area (Å²) in [6.45, 7) is 1.07. The van der Waals surface area contributed by atoms with Gasteiger partial charge in [-0.1, -0.05) is 18.2 Å².